The van der Waals surface area contributed by atoms with E-state index >= 15 is 0 Å². The number of likely N-dealkylation sites (tertiary alicyclic amines) is 1. The molecule has 1 saturated heterocycles. The van der Waals surface area contributed by atoms with Crippen LogP contribution in [0.25, 0.3) is 0 Å². The van der Waals surface area contributed by atoms with Gasteiger partial charge in [-0.1, -0.05) is 30.3 Å². The van der Waals surface area contributed by atoms with Crippen molar-refractivity contribution in [3.8, 4) is 0 Å². The number of nitrogens with zero attached hydrogens (tertiary/aromatic N) is 1. The Balaban J connectivity index is 2.02. The van der Waals surface area contributed by atoms with Crippen molar-refractivity contribution in [2.24, 2.45) is 0 Å². The lowest BCUT2D eigenvalue weighted by molar-refractivity contribution is -0.144. The van der Waals surface area contributed by atoms with Gasteiger partial charge in [-0.25, -0.2) is 0 Å². The van der Waals surface area contributed by atoms with Gasteiger partial charge in [0.1, 0.15) is 6.10 Å². The Hall–Kier alpha value is -1.43. The van der Waals surface area contributed by atoms with E-state index in [2.05, 4.69) is 5.32 Å². The summed E-state index contributed by atoms with van der Waals surface area (Å²) in [6.07, 6.45) is -0.451. The molecule has 1 aliphatic heterocycles. The van der Waals surface area contributed by atoms with Crippen LogP contribution in [0.1, 0.15) is 32.8 Å². The average molecular weight is 306 g/mol. The summed E-state index contributed by atoms with van der Waals surface area (Å²) in [4.78, 5) is 14.1. The number of hydrogen-bond donors (Lipinski definition) is 3. The van der Waals surface area contributed by atoms with Gasteiger partial charge < -0.3 is 15.5 Å². The normalized spacial score (nSPS) is 23.7. The number of carbonyl (C=O) groups excluding carboxylic acids is 1. The Morgan fingerprint density at radius 3 is 2.55 bits per heavy atom. The van der Waals surface area contributed by atoms with Crippen LogP contribution in [0.15, 0.2) is 30.3 Å². The minimum absolute atomic E-state index is 0.00212. The minimum atomic E-state index is -1.08. The smallest absolute Gasteiger partial charge is 0.250 e. The number of benzene rings is 1. The van der Waals surface area contributed by atoms with Gasteiger partial charge in [-0.05, 0) is 32.8 Å². The Labute approximate surface area is 131 Å². The van der Waals surface area contributed by atoms with Crippen LogP contribution in [0.5, 0.6) is 0 Å². The maximum Gasteiger partial charge on any atom is 0.250 e. The molecule has 0 spiro atoms. The molecule has 1 aromatic carbocycles. The molecule has 0 radical (unpaired) electrons. The maximum absolute atomic E-state index is 12.1. The highest BCUT2D eigenvalue weighted by molar-refractivity contribution is 5.82. The molecule has 1 amide bonds. The van der Waals surface area contributed by atoms with Crippen LogP contribution in [-0.4, -0.2) is 51.4 Å². The highest BCUT2D eigenvalue weighted by Crippen LogP contribution is 2.30. The molecule has 0 unspecified atom stereocenters. The van der Waals surface area contributed by atoms with Gasteiger partial charge in [0.15, 0.2) is 0 Å². The van der Waals surface area contributed by atoms with Crippen molar-refractivity contribution in [1.29, 1.82) is 0 Å². The van der Waals surface area contributed by atoms with Gasteiger partial charge in [0.05, 0.1) is 6.61 Å². The molecule has 122 valence electrons. The van der Waals surface area contributed by atoms with Crippen LogP contribution in [0, 0.1) is 0 Å². The SMILES string of the molecule is CC(C)(C)NC(=O)[C@H](O)[C@@H]1C[C@H](CO)N1Cc1ccccc1. The van der Waals surface area contributed by atoms with Crippen LogP contribution >= 0.6 is 0 Å². The van der Waals surface area contributed by atoms with E-state index in [-0.39, 0.29) is 30.1 Å². The second-order valence-corrected chi connectivity index (χ2v) is 6.98. The lowest BCUT2D eigenvalue weighted by atomic mass is 9.87. The zero-order chi connectivity index (χ0) is 16.3. The molecule has 5 nitrogen and oxygen atoms in total. The molecule has 1 aromatic rings. The third kappa shape index (κ3) is 4.06. The fraction of sp³-hybridized carbons (Fsp3) is 0.588. The Kier molecular flexibility index (Phi) is 5.21. The topological polar surface area (TPSA) is 72.8 Å². The number of hydrogen-bond acceptors (Lipinski definition) is 4. The summed E-state index contributed by atoms with van der Waals surface area (Å²) in [5.41, 5.74) is 0.733. The molecule has 1 heterocycles. The summed E-state index contributed by atoms with van der Waals surface area (Å²) in [6, 6.07) is 9.63. The third-order valence-electron chi connectivity index (χ3n) is 3.96. The van der Waals surface area contributed by atoms with Crippen molar-refractivity contribution in [2.45, 2.75) is 57.5 Å². The Bertz CT molecular complexity index is 498. The lowest BCUT2D eigenvalue weighted by Gasteiger charge is -2.49. The van der Waals surface area contributed by atoms with E-state index in [0.717, 1.165) is 5.56 Å². The number of rotatable bonds is 5. The van der Waals surface area contributed by atoms with Gasteiger partial charge in [0.2, 0.25) is 0 Å². The highest BCUT2D eigenvalue weighted by Gasteiger charge is 2.44. The van der Waals surface area contributed by atoms with Crippen LogP contribution in [0.3, 0.4) is 0 Å². The summed E-state index contributed by atoms with van der Waals surface area (Å²) in [7, 11) is 0. The number of amides is 1. The van der Waals surface area contributed by atoms with Gasteiger partial charge in [-0.2, -0.15) is 0 Å². The molecule has 0 aliphatic carbocycles. The van der Waals surface area contributed by atoms with E-state index < -0.39 is 6.10 Å². The zero-order valence-electron chi connectivity index (χ0n) is 13.5. The summed E-state index contributed by atoms with van der Waals surface area (Å²) < 4.78 is 0. The van der Waals surface area contributed by atoms with Gasteiger partial charge >= 0.3 is 0 Å². The number of carbonyl (C=O) groups is 1. The van der Waals surface area contributed by atoms with Crippen molar-refractivity contribution < 1.29 is 15.0 Å². The first-order chi connectivity index (χ1) is 10.3. The van der Waals surface area contributed by atoms with Crippen molar-refractivity contribution in [1.82, 2.24) is 10.2 Å². The number of nitrogens with one attached hydrogen (secondary N) is 1. The molecule has 0 aromatic heterocycles. The average Bonchev–Trinajstić information content (AvgIpc) is 2.43. The molecule has 3 atom stereocenters. The fourth-order valence-electron chi connectivity index (χ4n) is 2.83. The molecule has 1 fully saturated rings. The summed E-state index contributed by atoms with van der Waals surface area (Å²) in [6.45, 7) is 6.32. The first-order valence-electron chi connectivity index (χ1n) is 7.72. The summed E-state index contributed by atoms with van der Waals surface area (Å²) in [5.74, 6) is -0.355. The van der Waals surface area contributed by atoms with Gasteiger partial charge in [0.25, 0.3) is 5.91 Å². The maximum atomic E-state index is 12.1. The second-order valence-electron chi connectivity index (χ2n) is 6.98. The standard InChI is InChI=1S/C17H26N2O3/c1-17(2,3)18-16(22)15(21)14-9-13(11-20)19(14)10-12-7-5-4-6-8-12/h4-8,13-15,20-21H,9-11H2,1-3H3,(H,18,22)/t13-,14+,15-/m1/s1. The van der Waals surface area contributed by atoms with E-state index in [4.69, 9.17) is 0 Å². The molecular weight excluding hydrogens is 280 g/mol. The number of aliphatic hydroxyl groups excluding tert-OH is 2. The lowest BCUT2D eigenvalue weighted by Crippen LogP contribution is -2.65. The van der Waals surface area contributed by atoms with Crippen molar-refractivity contribution >= 4 is 5.91 Å². The number of aliphatic hydroxyl groups is 2. The quantitative estimate of drug-likeness (QED) is 0.756. The fourth-order valence-corrected chi connectivity index (χ4v) is 2.83. The van der Waals surface area contributed by atoms with E-state index in [0.29, 0.717) is 13.0 Å². The van der Waals surface area contributed by atoms with Crippen LogP contribution in [-0.2, 0) is 11.3 Å². The molecule has 22 heavy (non-hydrogen) atoms. The van der Waals surface area contributed by atoms with Crippen molar-refractivity contribution in [3.63, 3.8) is 0 Å². The van der Waals surface area contributed by atoms with Crippen LogP contribution in [0.4, 0.5) is 0 Å². The van der Waals surface area contributed by atoms with Crippen LogP contribution < -0.4 is 5.32 Å². The van der Waals surface area contributed by atoms with E-state index in [1.807, 2.05) is 56.0 Å². The largest absolute Gasteiger partial charge is 0.395 e. The molecule has 3 N–H and O–H groups in total. The van der Waals surface area contributed by atoms with Gasteiger partial charge in [-0.3, -0.25) is 9.69 Å². The predicted octanol–water partition coefficient (Wildman–Crippen LogP) is 0.897. The third-order valence-corrected chi connectivity index (χ3v) is 3.96. The molecule has 0 saturated carbocycles. The molecule has 1 aliphatic rings. The van der Waals surface area contributed by atoms with E-state index in [9.17, 15) is 15.0 Å². The Morgan fingerprint density at radius 1 is 1.36 bits per heavy atom. The van der Waals surface area contributed by atoms with Crippen molar-refractivity contribution in [2.75, 3.05) is 6.61 Å². The van der Waals surface area contributed by atoms with E-state index in [1.54, 1.807) is 0 Å². The second kappa shape index (κ2) is 6.77. The monoisotopic (exact) mass is 306 g/mol. The van der Waals surface area contributed by atoms with Gasteiger partial charge in [-0.15, -0.1) is 0 Å². The first kappa shape index (κ1) is 16.9. The summed E-state index contributed by atoms with van der Waals surface area (Å²) in [5, 5.41) is 22.6. The molecular formula is C17H26N2O3. The van der Waals surface area contributed by atoms with Crippen molar-refractivity contribution in [3.05, 3.63) is 35.9 Å². The van der Waals surface area contributed by atoms with Crippen LogP contribution in [0.2, 0.25) is 0 Å². The Morgan fingerprint density at radius 2 is 2.00 bits per heavy atom. The van der Waals surface area contributed by atoms with Gasteiger partial charge in [0, 0.05) is 24.2 Å². The molecule has 0 bridgehead atoms. The zero-order valence-corrected chi connectivity index (χ0v) is 13.5. The molecule has 5 heteroatoms. The first-order valence-corrected chi connectivity index (χ1v) is 7.72. The predicted molar refractivity (Wildman–Crippen MR) is 85.2 cm³/mol. The highest BCUT2D eigenvalue weighted by atomic mass is 16.3. The van der Waals surface area contributed by atoms with E-state index in [1.165, 1.54) is 0 Å². The molecule has 2 rings (SSSR count). The summed E-state index contributed by atoms with van der Waals surface area (Å²) >= 11 is 0. The minimum Gasteiger partial charge on any atom is -0.395 e.